The fourth-order valence-corrected chi connectivity index (χ4v) is 2.33. The molecule has 0 radical (unpaired) electrons. The van der Waals surface area contributed by atoms with Gasteiger partial charge in [0, 0.05) is 13.1 Å². The second-order valence-corrected chi connectivity index (χ2v) is 4.95. The van der Waals surface area contributed by atoms with Crippen LogP contribution in [0.5, 0.6) is 0 Å². The fourth-order valence-electron chi connectivity index (χ4n) is 2.33. The number of nitrogens with zero attached hydrogens (tertiary/aromatic N) is 1. The van der Waals surface area contributed by atoms with Crippen LogP contribution in [0.1, 0.15) is 18.4 Å². The summed E-state index contributed by atoms with van der Waals surface area (Å²) in [6, 6.07) is 6.90. The number of hydrogen-bond donors (Lipinski definition) is 2. The zero-order valence-corrected chi connectivity index (χ0v) is 9.98. The van der Waals surface area contributed by atoms with Gasteiger partial charge in [-0.25, -0.2) is 9.69 Å². The molecule has 1 spiro atoms. The molecule has 5 nitrogen and oxygen atoms in total. The monoisotopic (exact) mass is 245 g/mol. The Morgan fingerprint density at radius 2 is 2.11 bits per heavy atom. The van der Waals surface area contributed by atoms with E-state index in [9.17, 15) is 9.59 Å². The smallest absolute Gasteiger partial charge is 0.328 e. The third-order valence-electron chi connectivity index (χ3n) is 3.70. The van der Waals surface area contributed by atoms with Crippen molar-refractivity contribution in [3.05, 3.63) is 29.8 Å². The van der Waals surface area contributed by atoms with Gasteiger partial charge in [-0.3, -0.25) is 4.79 Å². The Hall–Kier alpha value is -1.88. The lowest BCUT2D eigenvalue weighted by Crippen LogP contribution is -2.56. The third kappa shape index (κ3) is 1.59. The highest BCUT2D eigenvalue weighted by molar-refractivity contribution is 6.18. The summed E-state index contributed by atoms with van der Waals surface area (Å²) in [5.74, 6) is -0.0829. The molecule has 2 aliphatic rings. The van der Waals surface area contributed by atoms with Gasteiger partial charge in [0.1, 0.15) is 0 Å². The average Bonchev–Trinajstić information content (AvgIpc) is 3.16. The molecule has 1 aliphatic heterocycles. The van der Waals surface area contributed by atoms with E-state index in [1.165, 1.54) is 4.90 Å². The van der Waals surface area contributed by atoms with Crippen LogP contribution in [0.2, 0.25) is 0 Å². The van der Waals surface area contributed by atoms with Gasteiger partial charge < -0.3 is 11.1 Å². The molecule has 1 heterocycles. The number of hydrogen-bond acceptors (Lipinski definition) is 3. The van der Waals surface area contributed by atoms with Gasteiger partial charge in [0.25, 0.3) is 0 Å². The van der Waals surface area contributed by atoms with E-state index in [-0.39, 0.29) is 17.4 Å². The maximum atomic E-state index is 12.4. The highest BCUT2D eigenvalue weighted by atomic mass is 16.2. The molecule has 0 aromatic heterocycles. The van der Waals surface area contributed by atoms with E-state index < -0.39 is 0 Å². The van der Waals surface area contributed by atoms with Gasteiger partial charge in [0.05, 0.1) is 11.1 Å². The molecule has 1 aromatic rings. The van der Waals surface area contributed by atoms with Crippen LogP contribution in [0, 0.1) is 5.41 Å². The second-order valence-electron chi connectivity index (χ2n) is 4.95. The Balaban J connectivity index is 1.97. The van der Waals surface area contributed by atoms with Gasteiger partial charge in [-0.05, 0) is 30.5 Å². The van der Waals surface area contributed by atoms with E-state index in [1.54, 1.807) is 12.1 Å². The molecule has 1 saturated heterocycles. The van der Waals surface area contributed by atoms with Crippen LogP contribution >= 0.6 is 0 Å². The van der Waals surface area contributed by atoms with Crippen molar-refractivity contribution in [3.8, 4) is 0 Å². The minimum atomic E-state index is -0.341. The summed E-state index contributed by atoms with van der Waals surface area (Å²) >= 11 is 0. The zero-order valence-electron chi connectivity index (χ0n) is 9.98. The van der Waals surface area contributed by atoms with Crippen LogP contribution in [-0.4, -0.2) is 18.5 Å². The number of anilines is 1. The van der Waals surface area contributed by atoms with Gasteiger partial charge in [0.15, 0.2) is 0 Å². The zero-order chi connectivity index (χ0) is 12.8. The lowest BCUT2D eigenvalue weighted by molar-refractivity contribution is -0.123. The van der Waals surface area contributed by atoms with Crippen molar-refractivity contribution in [2.45, 2.75) is 19.4 Å². The third-order valence-corrected chi connectivity index (χ3v) is 3.70. The van der Waals surface area contributed by atoms with Gasteiger partial charge in [-0.1, -0.05) is 12.1 Å². The predicted molar refractivity (Wildman–Crippen MR) is 66.9 cm³/mol. The molecule has 3 amide bonds. The Morgan fingerprint density at radius 1 is 1.33 bits per heavy atom. The first-order valence-corrected chi connectivity index (χ1v) is 6.08. The van der Waals surface area contributed by atoms with Crippen molar-refractivity contribution in [1.29, 1.82) is 0 Å². The number of imide groups is 1. The molecule has 3 rings (SSSR count). The Labute approximate surface area is 105 Å². The van der Waals surface area contributed by atoms with Crippen LogP contribution in [0.15, 0.2) is 24.3 Å². The summed E-state index contributed by atoms with van der Waals surface area (Å²) in [5.41, 5.74) is 6.75. The van der Waals surface area contributed by atoms with Gasteiger partial charge in [0.2, 0.25) is 5.91 Å². The van der Waals surface area contributed by atoms with Crippen molar-refractivity contribution in [2.24, 2.45) is 11.1 Å². The lowest BCUT2D eigenvalue weighted by atomic mass is 10.0. The molecule has 0 atom stereocenters. The average molecular weight is 245 g/mol. The van der Waals surface area contributed by atoms with E-state index in [4.69, 9.17) is 5.73 Å². The molecule has 3 N–H and O–H groups in total. The molecule has 0 unspecified atom stereocenters. The summed E-state index contributed by atoms with van der Waals surface area (Å²) in [6.45, 7) is 0.861. The minimum absolute atomic E-state index is 0.0829. The predicted octanol–water partition coefficient (Wildman–Crippen LogP) is 0.982. The Bertz CT molecular complexity index is 523. The largest absolute Gasteiger partial charge is 0.336 e. The topological polar surface area (TPSA) is 75.4 Å². The van der Waals surface area contributed by atoms with Crippen molar-refractivity contribution >= 4 is 17.6 Å². The van der Waals surface area contributed by atoms with E-state index in [0.29, 0.717) is 18.8 Å². The standard InChI is InChI=1S/C13H15N3O2/c14-7-9-2-1-3-10(6-9)16-11(17)13(4-5-13)8-15-12(16)18/h1-3,6H,4-5,7-8,14H2,(H,15,18). The number of nitrogens with one attached hydrogen (secondary N) is 1. The first-order chi connectivity index (χ1) is 8.66. The first kappa shape index (κ1) is 11.2. The Kier molecular flexibility index (Phi) is 2.38. The maximum absolute atomic E-state index is 12.4. The summed E-state index contributed by atoms with van der Waals surface area (Å²) < 4.78 is 0. The summed E-state index contributed by atoms with van der Waals surface area (Å²) in [6.07, 6.45) is 1.72. The first-order valence-electron chi connectivity index (χ1n) is 6.08. The van der Waals surface area contributed by atoms with Crippen LogP contribution in [0.3, 0.4) is 0 Å². The molecule has 18 heavy (non-hydrogen) atoms. The van der Waals surface area contributed by atoms with Gasteiger partial charge in [-0.15, -0.1) is 0 Å². The SMILES string of the molecule is NCc1cccc(N2C(=O)NCC3(CC3)C2=O)c1. The molecular formula is C13H15N3O2. The molecule has 2 fully saturated rings. The van der Waals surface area contributed by atoms with Gasteiger partial charge in [-0.2, -0.15) is 0 Å². The van der Waals surface area contributed by atoms with Crippen molar-refractivity contribution < 1.29 is 9.59 Å². The number of rotatable bonds is 2. The summed E-state index contributed by atoms with van der Waals surface area (Å²) in [5, 5.41) is 2.79. The highest BCUT2D eigenvalue weighted by Gasteiger charge is 2.56. The number of carbonyl (C=O) groups is 2. The van der Waals surface area contributed by atoms with Crippen LogP contribution in [0.4, 0.5) is 10.5 Å². The molecule has 5 heteroatoms. The van der Waals surface area contributed by atoms with Crippen molar-refractivity contribution in [1.82, 2.24) is 5.32 Å². The molecule has 94 valence electrons. The number of amides is 3. The number of benzene rings is 1. The van der Waals surface area contributed by atoms with E-state index in [0.717, 1.165) is 18.4 Å². The van der Waals surface area contributed by atoms with E-state index in [1.807, 2.05) is 12.1 Å². The normalized spacial score (nSPS) is 21.1. The van der Waals surface area contributed by atoms with Crippen LogP contribution in [-0.2, 0) is 11.3 Å². The van der Waals surface area contributed by atoms with Gasteiger partial charge >= 0.3 is 6.03 Å². The quantitative estimate of drug-likeness (QED) is 0.815. The Morgan fingerprint density at radius 3 is 2.78 bits per heavy atom. The van der Waals surface area contributed by atoms with E-state index >= 15 is 0 Å². The molecule has 1 aliphatic carbocycles. The fraction of sp³-hybridized carbons (Fsp3) is 0.385. The molecule has 0 bridgehead atoms. The minimum Gasteiger partial charge on any atom is -0.336 e. The van der Waals surface area contributed by atoms with Crippen molar-refractivity contribution in [3.63, 3.8) is 0 Å². The van der Waals surface area contributed by atoms with Crippen LogP contribution in [0.25, 0.3) is 0 Å². The number of carbonyl (C=O) groups excluding carboxylic acids is 2. The summed E-state index contributed by atoms with van der Waals surface area (Å²) in [4.78, 5) is 25.5. The van der Waals surface area contributed by atoms with Crippen molar-refractivity contribution in [2.75, 3.05) is 11.4 Å². The molecule has 1 aromatic carbocycles. The number of nitrogens with two attached hydrogens (primary N) is 1. The molecule has 1 saturated carbocycles. The second kappa shape index (κ2) is 3.81. The lowest BCUT2D eigenvalue weighted by Gasteiger charge is -2.31. The number of urea groups is 1. The highest BCUT2D eigenvalue weighted by Crippen LogP contribution is 2.48. The van der Waals surface area contributed by atoms with E-state index in [2.05, 4.69) is 5.32 Å². The van der Waals surface area contributed by atoms with Crippen LogP contribution < -0.4 is 16.0 Å². The maximum Gasteiger partial charge on any atom is 0.328 e. The molecular weight excluding hydrogens is 230 g/mol. The summed E-state index contributed by atoms with van der Waals surface area (Å²) in [7, 11) is 0.